The molecule has 5 N–H and O–H groups in total. The molecule has 0 unspecified atom stereocenters. The number of pyridine rings is 1. The lowest BCUT2D eigenvalue weighted by atomic mass is 10.3. The lowest BCUT2D eigenvalue weighted by Crippen LogP contribution is -2.09. The van der Waals surface area contributed by atoms with E-state index in [1.54, 1.807) is 18.2 Å². The van der Waals surface area contributed by atoms with E-state index in [9.17, 15) is 9.90 Å². The summed E-state index contributed by atoms with van der Waals surface area (Å²) in [5.41, 5.74) is 6.20. The van der Waals surface area contributed by atoms with Gasteiger partial charge in [-0.15, -0.1) is 10.2 Å². The maximum atomic E-state index is 10.5. The summed E-state index contributed by atoms with van der Waals surface area (Å²) in [4.78, 5) is 14.3. The first kappa shape index (κ1) is 13.3. The molecule has 2 rings (SSSR count). The first-order chi connectivity index (χ1) is 9.56. The van der Waals surface area contributed by atoms with Crippen LogP contribution in [-0.2, 0) is 0 Å². The van der Waals surface area contributed by atoms with Gasteiger partial charge in [-0.25, -0.2) is 9.78 Å². The Morgan fingerprint density at radius 2 is 1.85 bits per heavy atom. The quantitative estimate of drug-likeness (QED) is 0.638. The number of hydrogen-bond acceptors (Lipinski definition) is 6. The SMILES string of the molecule is Nc1nc(NC(=O)O)ccc1N=Nc1ccccc1O. The number of carbonyl (C=O) groups is 1. The van der Waals surface area contributed by atoms with Crippen molar-refractivity contribution in [3.05, 3.63) is 36.4 Å². The van der Waals surface area contributed by atoms with Gasteiger partial charge in [-0.05, 0) is 24.3 Å². The van der Waals surface area contributed by atoms with E-state index in [0.29, 0.717) is 5.69 Å². The largest absolute Gasteiger partial charge is 0.506 e. The number of aromatic nitrogens is 1. The van der Waals surface area contributed by atoms with Crippen LogP contribution in [0.5, 0.6) is 5.75 Å². The van der Waals surface area contributed by atoms with E-state index < -0.39 is 6.09 Å². The molecule has 0 saturated heterocycles. The van der Waals surface area contributed by atoms with Crippen molar-refractivity contribution in [1.29, 1.82) is 0 Å². The van der Waals surface area contributed by atoms with Gasteiger partial charge in [0.1, 0.15) is 22.9 Å². The normalized spacial score (nSPS) is 10.6. The van der Waals surface area contributed by atoms with Crippen molar-refractivity contribution in [1.82, 2.24) is 4.98 Å². The van der Waals surface area contributed by atoms with E-state index in [2.05, 4.69) is 20.5 Å². The first-order valence-corrected chi connectivity index (χ1v) is 5.52. The molecule has 0 aliphatic rings. The molecule has 2 aromatic rings. The molecule has 0 radical (unpaired) electrons. The van der Waals surface area contributed by atoms with Gasteiger partial charge in [-0.2, -0.15) is 0 Å². The topological polar surface area (TPSA) is 133 Å². The summed E-state index contributed by atoms with van der Waals surface area (Å²) < 4.78 is 0. The summed E-state index contributed by atoms with van der Waals surface area (Å²) in [5.74, 6) is 0.110. The van der Waals surface area contributed by atoms with Crippen molar-refractivity contribution in [3.63, 3.8) is 0 Å². The molecule has 0 spiro atoms. The third-order valence-corrected chi connectivity index (χ3v) is 2.28. The lowest BCUT2D eigenvalue weighted by molar-refractivity contribution is 0.209. The predicted molar refractivity (Wildman–Crippen MR) is 72.6 cm³/mol. The van der Waals surface area contributed by atoms with Crippen LogP contribution in [0, 0.1) is 0 Å². The summed E-state index contributed by atoms with van der Waals surface area (Å²) in [6.45, 7) is 0. The number of anilines is 2. The van der Waals surface area contributed by atoms with Gasteiger partial charge in [0.25, 0.3) is 0 Å². The summed E-state index contributed by atoms with van der Waals surface area (Å²) >= 11 is 0. The number of carboxylic acid groups (broad SMARTS) is 1. The molecular weight excluding hydrogens is 262 g/mol. The Labute approximate surface area is 113 Å². The van der Waals surface area contributed by atoms with Crippen LogP contribution in [0.15, 0.2) is 46.6 Å². The van der Waals surface area contributed by atoms with E-state index in [1.807, 2.05) is 0 Å². The predicted octanol–water partition coefficient (Wildman–Crippen LogP) is 2.87. The van der Waals surface area contributed by atoms with E-state index in [0.717, 1.165) is 0 Å². The molecule has 8 nitrogen and oxygen atoms in total. The van der Waals surface area contributed by atoms with E-state index in [4.69, 9.17) is 10.8 Å². The van der Waals surface area contributed by atoms with Gasteiger partial charge in [0.2, 0.25) is 0 Å². The summed E-state index contributed by atoms with van der Waals surface area (Å²) in [7, 11) is 0. The number of azo groups is 1. The number of nitrogens with two attached hydrogens (primary N) is 1. The molecule has 0 saturated carbocycles. The zero-order valence-electron chi connectivity index (χ0n) is 10.2. The standard InChI is InChI=1S/C12H11N5O3/c13-11-8(5-6-10(14-11)15-12(19)20)17-16-7-3-1-2-4-9(7)18/h1-6,18H,(H,19,20)(H3,13,14,15). The highest BCUT2D eigenvalue weighted by molar-refractivity contribution is 5.82. The number of nitrogens with zero attached hydrogens (tertiary/aromatic N) is 3. The fourth-order valence-electron chi connectivity index (χ4n) is 1.39. The summed E-state index contributed by atoms with van der Waals surface area (Å²) in [6, 6.07) is 9.31. The summed E-state index contributed by atoms with van der Waals surface area (Å²) in [6.07, 6.45) is -1.24. The van der Waals surface area contributed by atoms with Crippen molar-refractivity contribution < 1.29 is 15.0 Å². The molecule has 0 fully saturated rings. The maximum absolute atomic E-state index is 10.5. The second kappa shape index (κ2) is 5.65. The molecule has 1 amide bonds. The third kappa shape index (κ3) is 3.19. The van der Waals surface area contributed by atoms with E-state index in [1.165, 1.54) is 18.2 Å². The van der Waals surface area contributed by atoms with Crippen LogP contribution < -0.4 is 11.1 Å². The number of aromatic hydroxyl groups is 1. The monoisotopic (exact) mass is 273 g/mol. The van der Waals surface area contributed by atoms with Gasteiger partial charge in [-0.1, -0.05) is 12.1 Å². The molecule has 20 heavy (non-hydrogen) atoms. The molecule has 8 heteroatoms. The van der Waals surface area contributed by atoms with Gasteiger partial charge in [0, 0.05) is 0 Å². The third-order valence-electron chi connectivity index (χ3n) is 2.28. The van der Waals surface area contributed by atoms with Gasteiger partial charge in [0.05, 0.1) is 0 Å². The van der Waals surface area contributed by atoms with Crippen molar-refractivity contribution >= 4 is 29.1 Å². The Hall–Kier alpha value is -3.16. The molecule has 0 aliphatic heterocycles. The Balaban J connectivity index is 2.22. The van der Waals surface area contributed by atoms with E-state index in [-0.39, 0.29) is 23.1 Å². The number of rotatable bonds is 3. The Bertz CT molecular complexity index is 672. The zero-order chi connectivity index (χ0) is 14.5. The highest BCUT2D eigenvalue weighted by atomic mass is 16.4. The fraction of sp³-hybridized carbons (Fsp3) is 0. The molecule has 0 atom stereocenters. The summed E-state index contributed by atoms with van der Waals surface area (Å²) in [5, 5.41) is 27.8. The number of nitrogen functional groups attached to an aromatic ring is 1. The smallest absolute Gasteiger partial charge is 0.410 e. The van der Waals surface area contributed by atoms with Crippen molar-refractivity contribution in [2.45, 2.75) is 0 Å². The maximum Gasteiger partial charge on any atom is 0.410 e. The van der Waals surface area contributed by atoms with Gasteiger partial charge >= 0.3 is 6.09 Å². The number of para-hydroxylation sites is 1. The molecule has 1 aromatic heterocycles. The minimum Gasteiger partial charge on any atom is -0.506 e. The Morgan fingerprint density at radius 1 is 1.15 bits per heavy atom. The van der Waals surface area contributed by atoms with Gasteiger partial charge in [0.15, 0.2) is 5.82 Å². The van der Waals surface area contributed by atoms with Crippen LogP contribution in [-0.4, -0.2) is 21.3 Å². The first-order valence-electron chi connectivity index (χ1n) is 5.52. The number of benzene rings is 1. The van der Waals surface area contributed by atoms with Crippen molar-refractivity contribution in [3.8, 4) is 5.75 Å². The van der Waals surface area contributed by atoms with Crippen LogP contribution in [0.3, 0.4) is 0 Å². The fourth-order valence-corrected chi connectivity index (χ4v) is 1.39. The molecule has 1 aromatic carbocycles. The van der Waals surface area contributed by atoms with Crippen molar-refractivity contribution in [2.75, 3.05) is 11.1 Å². The number of phenols is 1. The minimum absolute atomic E-state index is 0.00746. The zero-order valence-corrected chi connectivity index (χ0v) is 10.2. The average Bonchev–Trinajstić information content (AvgIpc) is 2.39. The van der Waals surface area contributed by atoms with Crippen LogP contribution in [0.2, 0.25) is 0 Å². The molecule has 0 bridgehead atoms. The molecular formula is C12H11N5O3. The highest BCUT2D eigenvalue weighted by Gasteiger charge is 2.04. The number of amides is 1. The number of nitrogens with one attached hydrogen (secondary N) is 1. The second-order valence-corrected chi connectivity index (χ2v) is 3.72. The van der Waals surface area contributed by atoms with Crippen LogP contribution in [0.25, 0.3) is 0 Å². The second-order valence-electron chi connectivity index (χ2n) is 3.72. The van der Waals surface area contributed by atoms with E-state index >= 15 is 0 Å². The Kier molecular flexibility index (Phi) is 3.75. The van der Waals surface area contributed by atoms with Crippen LogP contribution >= 0.6 is 0 Å². The van der Waals surface area contributed by atoms with Gasteiger partial charge in [-0.3, -0.25) is 5.32 Å². The highest BCUT2D eigenvalue weighted by Crippen LogP contribution is 2.29. The molecule has 1 heterocycles. The minimum atomic E-state index is -1.24. The number of phenolic OH excluding ortho intramolecular Hbond substituents is 1. The van der Waals surface area contributed by atoms with Crippen LogP contribution in [0.4, 0.5) is 27.8 Å². The van der Waals surface area contributed by atoms with Gasteiger partial charge < -0.3 is 15.9 Å². The molecule has 0 aliphatic carbocycles. The van der Waals surface area contributed by atoms with Crippen molar-refractivity contribution in [2.24, 2.45) is 10.2 Å². The Morgan fingerprint density at radius 3 is 2.50 bits per heavy atom. The molecule has 102 valence electrons. The van der Waals surface area contributed by atoms with Crippen LogP contribution in [0.1, 0.15) is 0 Å². The average molecular weight is 273 g/mol. The number of hydrogen-bond donors (Lipinski definition) is 4. The lowest BCUT2D eigenvalue weighted by Gasteiger charge is -2.03.